The molecule has 1 saturated heterocycles. The Labute approximate surface area is 151 Å². The molecule has 0 saturated carbocycles. The summed E-state index contributed by atoms with van der Waals surface area (Å²) in [7, 11) is 0. The first-order valence-electron chi connectivity index (χ1n) is 7.03. The lowest BCUT2D eigenvalue weighted by atomic mass is 10.1. The van der Waals surface area contributed by atoms with Crippen LogP contribution in [0.25, 0.3) is 6.08 Å². The summed E-state index contributed by atoms with van der Waals surface area (Å²) in [5.74, 6) is 0.0941. The monoisotopic (exact) mass is 406 g/mol. The van der Waals surface area contributed by atoms with Crippen LogP contribution in [0, 0.1) is 0 Å². The zero-order valence-corrected chi connectivity index (χ0v) is 14.6. The Hall–Kier alpha value is -2.31. The first-order valence-corrected chi connectivity index (χ1v) is 8.20. The number of hydrogen-bond donors (Lipinski definition) is 2. The van der Waals surface area contributed by atoms with Gasteiger partial charge in [0.05, 0.1) is 0 Å². The van der Waals surface area contributed by atoms with Crippen LogP contribution in [0.15, 0.2) is 52.6 Å². The van der Waals surface area contributed by atoms with Crippen LogP contribution in [0.1, 0.15) is 11.1 Å². The number of halogens is 2. The molecule has 1 aliphatic rings. The Balaban J connectivity index is 1.86. The van der Waals surface area contributed by atoms with Crippen molar-refractivity contribution in [3.05, 3.63) is 68.8 Å². The first-order chi connectivity index (χ1) is 11.5. The molecule has 1 heterocycles. The highest BCUT2D eigenvalue weighted by Crippen LogP contribution is 2.27. The molecule has 3 rings (SSSR count). The van der Waals surface area contributed by atoms with Crippen molar-refractivity contribution < 1.29 is 14.3 Å². The molecule has 0 spiro atoms. The number of benzene rings is 2. The maximum atomic E-state index is 11.7. The van der Waals surface area contributed by atoms with E-state index >= 15 is 0 Å². The fourth-order valence-electron chi connectivity index (χ4n) is 2.17. The molecule has 7 heteroatoms. The number of carbonyl (C=O) groups is 2. The number of ether oxygens (including phenoxy) is 1. The molecular formula is C17H12BrClN2O3. The SMILES string of the molecule is O=C1NC(=O)/C(=C\c2cc(Br)ccc2OCc2ccccc2Cl)N1. The molecule has 0 bridgehead atoms. The van der Waals surface area contributed by atoms with E-state index in [0.717, 1.165) is 10.0 Å². The van der Waals surface area contributed by atoms with E-state index in [2.05, 4.69) is 26.6 Å². The lowest BCUT2D eigenvalue weighted by molar-refractivity contribution is -0.115. The van der Waals surface area contributed by atoms with Crippen molar-refractivity contribution in [3.63, 3.8) is 0 Å². The summed E-state index contributed by atoms with van der Waals surface area (Å²) >= 11 is 9.51. The Kier molecular flexibility index (Phi) is 4.87. The number of rotatable bonds is 4. The van der Waals surface area contributed by atoms with Crippen molar-refractivity contribution in [1.82, 2.24) is 10.6 Å². The Morgan fingerprint density at radius 1 is 1.12 bits per heavy atom. The molecule has 122 valence electrons. The van der Waals surface area contributed by atoms with Crippen molar-refractivity contribution >= 4 is 45.5 Å². The van der Waals surface area contributed by atoms with Crippen LogP contribution in [0.3, 0.4) is 0 Å². The van der Waals surface area contributed by atoms with E-state index < -0.39 is 11.9 Å². The number of carbonyl (C=O) groups excluding carboxylic acids is 2. The van der Waals surface area contributed by atoms with Gasteiger partial charge in [0, 0.05) is 20.6 Å². The zero-order chi connectivity index (χ0) is 17.1. The van der Waals surface area contributed by atoms with Gasteiger partial charge in [0.2, 0.25) is 0 Å². The van der Waals surface area contributed by atoms with Crippen molar-refractivity contribution in [2.24, 2.45) is 0 Å². The average molecular weight is 408 g/mol. The smallest absolute Gasteiger partial charge is 0.326 e. The molecule has 5 nitrogen and oxygen atoms in total. The topological polar surface area (TPSA) is 67.4 Å². The second-order valence-electron chi connectivity index (χ2n) is 5.03. The van der Waals surface area contributed by atoms with E-state index in [1.807, 2.05) is 24.3 Å². The minimum absolute atomic E-state index is 0.167. The van der Waals surface area contributed by atoms with E-state index in [1.165, 1.54) is 0 Å². The lowest BCUT2D eigenvalue weighted by Crippen LogP contribution is -2.22. The van der Waals surface area contributed by atoms with Gasteiger partial charge in [0.15, 0.2) is 0 Å². The molecule has 2 N–H and O–H groups in total. The van der Waals surface area contributed by atoms with Crippen LogP contribution in [0.4, 0.5) is 4.79 Å². The molecule has 1 aliphatic heterocycles. The van der Waals surface area contributed by atoms with E-state index in [9.17, 15) is 9.59 Å². The van der Waals surface area contributed by atoms with E-state index in [1.54, 1.807) is 24.3 Å². The van der Waals surface area contributed by atoms with Gasteiger partial charge in [-0.1, -0.05) is 45.7 Å². The summed E-state index contributed by atoms with van der Waals surface area (Å²) in [5.41, 5.74) is 1.68. The summed E-state index contributed by atoms with van der Waals surface area (Å²) in [5, 5.41) is 5.23. The van der Waals surface area contributed by atoms with Gasteiger partial charge in [0.25, 0.3) is 5.91 Å². The average Bonchev–Trinajstić information content (AvgIpc) is 2.85. The predicted molar refractivity (Wildman–Crippen MR) is 94.6 cm³/mol. The van der Waals surface area contributed by atoms with Crippen LogP contribution in [0.2, 0.25) is 5.02 Å². The molecule has 0 aliphatic carbocycles. The number of imide groups is 1. The number of urea groups is 1. The van der Waals surface area contributed by atoms with Gasteiger partial charge in [-0.3, -0.25) is 10.1 Å². The van der Waals surface area contributed by atoms with Gasteiger partial charge < -0.3 is 10.1 Å². The molecule has 0 unspecified atom stereocenters. The molecule has 3 amide bonds. The van der Waals surface area contributed by atoms with Gasteiger partial charge in [-0.15, -0.1) is 0 Å². The molecule has 24 heavy (non-hydrogen) atoms. The summed E-state index contributed by atoms with van der Waals surface area (Å²) in [6.45, 7) is 0.288. The highest BCUT2D eigenvalue weighted by atomic mass is 79.9. The van der Waals surface area contributed by atoms with Gasteiger partial charge in [-0.05, 0) is 30.3 Å². The van der Waals surface area contributed by atoms with Crippen molar-refractivity contribution in [1.29, 1.82) is 0 Å². The highest BCUT2D eigenvalue weighted by Gasteiger charge is 2.23. The molecule has 1 fully saturated rings. The second kappa shape index (κ2) is 7.07. The third kappa shape index (κ3) is 3.77. The number of hydrogen-bond acceptors (Lipinski definition) is 3. The molecule has 2 aromatic carbocycles. The fourth-order valence-corrected chi connectivity index (χ4v) is 2.74. The maximum Gasteiger partial charge on any atom is 0.326 e. The van der Waals surface area contributed by atoms with E-state index in [0.29, 0.717) is 16.3 Å². The molecule has 0 radical (unpaired) electrons. The normalized spacial score (nSPS) is 15.3. The first kappa shape index (κ1) is 16.5. The van der Waals surface area contributed by atoms with Crippen molar-refractivity contribution in [2.75, 3.05) is 0 Å². The zero-order valence-electron chi connectivity index (χ0n) is 12.3. The minimum atomic E-state index is -0.542. The van der Waals surface area contributed by atoms with Gasteiger partial charge in [-0.25, -0.2) is 4.79 Å². The Bertz CT molecular complexity index is 851. The molecular weight excluding hydrogens is 396 g/mol. The van der Waals surface area contributed by atoms with E-state index in [4.69, 9.17) is 16.3 Å². The van der Waals surface area contributed by atoms with Crippen molar-refractivity contribution in [3.8, 4) is 5.75 Å². The van der Waals surface area contributed by atoms with Crippen LogP contribution in [-0.4, -0.2) is 11.9 Å². The Morgan fingerprint density at radius 3 is 2.62 bits per heavy atom. The standard InChI is InChI=1S/C17H12BrClN2O3/c18-12-5-6-15(24-9-10-3-1-2-4-13(10)19)11(7-12)8-14-16(22)21-17(23)20-14/h1-8H,9H2,(H2,20,21,22,23)/b14-8+. The van der Waals surface area contributed by atoms with Crippen LogP contribution < -0.4 is 15.4 Å². The molecule has 0 aromatic heterocycles. The molecule has 2 aromatic rings. The number of nitrogens with one attached hydrogen (secondary N) is 2. The quantitative estimate of drug-likeness (QED) is 0.597. The summed E-state index contributed by atoms with van der Waals surface area (Å²) in [6, 6.07) is 12.3. The summed E-state index contributed by atoms with van der Waals surface area (Å²) in [6.07, 6.45) is 1.56. The Morgan fingerprint density at radius 2 is 1.92 bits per heavy atom. The summed E-state index contributed by atoms with van der Waals surface area (Å²) < 4.78 is 6.66. The van der Waals surface area contributed by atoms with Gasteiger partial charge in [0.1, 0.15) is 18.1 Å². The second-order valence-corrected chi connectivity index (χ2v) is 6.35. The lowest BCUT2D eigenvalue weighted by Gasteiger charge is -2.11. The van der Waals surface area contributed by atoms with Crippen LogP contribution in [0.5, 0.6) is 5.75 Å². The minimum Gasteiger partial charge on any atom is -0.488 e. The predicted octanol–water partition coefficient (Wildman–Crippen LogP) is 3.86. The fraction of sp³-hybridized carbons (Fsp3) is 0.0588. The maximum absolute atomic E-state index is 11.7. The number of amides is 3. The third-order valence-electron chi connectivity index (χ3n) is 3.33. The highest BCUT2D eigenvalue weighted by molar-refractivity contribution is 9.10. The van der Waals surface area contributed by atoms with Crippen LogP contribution >= 0.6 is 27.5 Å². The summed E-state index contributed by atoms with van der Waals surface area (Å²) in [4.78, 5) is 22.9. The van der Waals surface area contributed by atoms with Crippen molar-refractivity contribution in [2.45, 2.75) is 6.61 Å². The van der Waals surface area contributed by atoms with Gasteiger partial charge >= 0.3 is 6.03 Å². The van der Waals surface area contributed by atoms with E-state index in [-0.39, 0.29) is 12.3 Å². The molecule has 0 atom stereocenters. The van der Waals surface area contributed by atoms with Gasteiger partial charge in [-0.2, -0.15) is 0 Å². The third-order valence-corrected chi connectivity index (χ3v) is 4.19. The van der Waals surface area contributed by atoms with Crippen LogP contribution in [-0.2, 0) is 11.4 Å². The largest absolute Gasteiger partial charge is 0.488 e.